The average molecular weight is 177 g/mol. The van der Waals surface area contributed by atoms with E-state index in [0.29, 0.717) is 11.4 Å². The fourth-order valence-electron chi connectivity index (χ4n) is 1.41. The normalized spacial score (nSPS) is 11.3. The van der Waals surface area contributed by atoms with E-state index in [-0.39, 0.29) is 5.56 Å². The van der Waals surface area contributed by atoms with E-state index in [1.807, 2.05) is 6.20 Å². The van der Waals surface area contributed by atoms with Gasteiger partial charge in [-0.15, -0.1) is 0 Å². The molecule has 0 radical (unpaired) electrons. The van der Waals surface area contributed by atoms with Crippen LogP contribution in [0.4, 0.5) is 0 Å². The Hall–Kier alpha value is -1.58. The summed E-state index contributed by atoms with van der Waals surface area (Å²) in [5.74, 6) is 0.378. The van der Waals surface area contributed by atoms with Gasteiger partial charge in [0.05, 0.1) is 11.8 Å². The smallest absolute Gasteiger partial charge is 0.275 e. The molecule has 2 heterocycles. The zero-order valence-electron chi connectivity index (χ0n) is 7.59. The minimum Gasteiger partial charge on any atom is -0.355 e. The fourth-order valence-corrected chi connectivity index (χ4v) is 1.41. The van der Waals surface area contributed by atoms with Gasteiger partial charge in [-0.3, -0.25) is 4.79 Å². The molecule has 4 heteroatoms. The maximum atomic E-state index is 11.3. The van der Waals surface area contributed by atoms with Crippen molar-refractivity contribution in [3.63, 3.8) is 0 Å². The summed E-state index contributed by atoms with van der Waals surface area (Å²) in [6.45, 7) is 4.15. The van der Waals surface area contributed by atoms with Gasteiger partial charge in [0.25, 0.3) is 5.56 Å². The lowest BCUT2D eigenvalue weighted by Crippen LogP contribution is -2.05. The SMILES string of the molecule is CC(C)c1c[nH]c2c(=O)[nH]cnc12. The Morgan fingerprint density at radius 2 is 2.15 bits per heavy atom. The lowest BCUT2D eigenvalue weighted by atomic mass is 10.1. The first-order valence-corrected chi connectivity index (χ1v) is 4.25. The highest BCUT2D eigenvalue weighted by Gasteiger charge is 2.09. The van der Waals surface area contributed by atoms with Gasteiger partial charge in [0.15, 0.2) is 0 Å². The molecule has 0 spiro atoms. The largest absolute Gasteiger partial charge is 0.355 e. The van der Waals surface area contributed by atoms with E-state index in [0.717, 1.165) is 11.1 Å². The lowest BCUT2D eigenvalue weighted by Gasteiger charge is -1.99. The van der Waals surface area contributed by atoms with E-state index in [2.05, 4.69) is 28.8 Å². The Bertz CT molecular complexity index is 481. The highest BCUT2D eigenvalue weighted by Crippen LogP contribution is 2.20. The van der Waals surface area contributed by atoms with Crippen molar-refractivity contribution in [1.29, 1.82) is 0 Å². The van der Waals surface area contributed by atoms with Gasteiger partial charge in [0.2, 0.25) is 0 Å². The Kier molecular flexibility index (Phi) is 1.69. The van der Waals surface area contributed by atoms with Gasteiger partial charge < -0.3 is 9.97 Å². The quantitative estimate of drug-likeness (QED) is 0.691. The molecule has 0 unspecified atom stereocenters. The average Bonchev–Trinajstić information content (AvgIpc) is 2.48. The molecule has 2 aromatic rings. The first kappa shape index (κ1) is 8.04. The van der Waals surface area contributed by atoms with Crippen LogP contribution in [-0.2, 0) is 0 Å². The van der Waals surface area contributed by atoms with Crippen LogP contribution in [0, 0.1) is 0 Å². The van der Waals surface area contributed by atoms with Crippen LogP contribution in [0.15, 0.2) is 17.3 Å². The third-order valence-electron chi connectivity index (χ3n) is 2.12. The van der Waals surface area contributed by atoms with Crippen molar-refractivity contribution in [2.24, 2.45) is 0 Å². The first-order chi connectivity index (χ1) is 6.20. The second-order valence-corrected chi connectivity index (χ2v) is 3.35. The molecular formula is C9H11N3O. The number of nitrogens with zero attached hydrogens (tertiary/aromatic N) is 1. The van der Waals surface area contributed by atoms with Gasteiger partial charge in [-0.2, -0.15) is 0 Å². The lowest BCUT2D eigenvalue weighted by molar-refractivity contribution is 0.872. The van der Waals surface area contributed by atoms with Crippen LogP contribution in [0.25, 0.3) is 11.0 Å². The van der Waals surface area contributed by atoms with Crippen LogP contribution in [0.3, 0.4) is 0 Å². The topological polar surface area (TPSA) is 61.5 Å². The molecule has 68 valence electrons. The number of fused-ring (bicyclic) bond motifs is 1. The van der Waals surface area contributed by atoms with Gasteiger partial charge in [0.1, 0.15) is 5.52 Å². The van der Waals surface area contributed by atoms with Crippen LogP contribution in [-0.4, -0.2) is 15.0 Å². The number of aromatic nitrogens is 3. The molecule has 0 saturated heterocycles. The molecule has 13 heavy (non-hydrogen) atoms. The summed E-state index contributed by atoms with van der Waals surface area (Å²) in [4.78, 5) is 20.9. The van der Waals surface area contributed by atoms with Crippen molar-refractivity contribution in [2.45, 2.75) is 19.8 Å². The minimum atomic E-state index is -0.114. The van der Waals surface area contributed by atoms with E-state index in [1.54, 1.807) is 0 Å². The third kappa shape index (κ3) is 1.14. The van der Waals surface area contributed by atoms with E-state index >= 15 is 0 Å². The second-order valence-electron chi connectivity index (χ2n) is 3.35. The Morgan fingerprint density at radius 3 is 2.85 bits per heavy atom. The monoisotopic (exact) mass is 177 g/mol. The van der Waals surface area contributed by atoms with Crippen molar-refractivity contribution in [1.82, 2.24) is 15.0 Å². The van der Waals surface area contributed by atoms with Crippen LogP contribution in [0.5, 0.6) is 0 Å². The first-order valence-electron chi connectivity index (χ1n) is 4.25. The molecule has 0 aliphatic heterocycles. The number of H-pyrrole nitrogens is 2. The summed E-state index contributed by atoms with van der Waals surface area (Å²) in [7, 11) is 0. The number of hydrogen-bond donors (Lipinski definition) is 2. The Balaban J connectivity index is 2.83. The zero-order chi connectivity index (χ0) is 9.42. The summed E-state index contributed by atoms with van der Waals surface area (Å²) < 4.78 is 0. The van der Waals surface area contributed by atoms with Crippen molar-refractivity contribution in [3.05, 3.63) is 28.4 Å². The van der Waals surface area contributed by atoms with Crippen molar-refractivity contribution < 1.29 is 0 Å². The van der Waals surface area contributed by atoms with E-state index in [1.165, 1.54) is 6.33 Å². The minimum absolute atomic E-state index is 0.114. The molecule has 2 aromatic heterocycles. The summed E-state index contributed by atoms with van der Waals surface area (Å²) >= 11 is 0. The summed E-state index contributed by atoms with van der Waals surface area (Å²) in [5, 5.41) is 0. The van der Waals surface area contributed by atoms with Crippen molar-refractivity contribution >= 4 is 11.0 Å². The molecule has 0 bridgehead atoms. The maximum absolute atomic E-state index is 11.3. The van der Waals surface area contributed by atoms with Crippen LogP contribution in [0.1, 0.15) is 25.3 Å². The molecule has 0 fully saturated rings. The third-order valence-corrected chi connectivity index (χ3v) is 2.12. The fraction of sp³-hybridized carbons (Fsp3) is 0.333. The molecule has 2 rings (SSSR count). The molecule has 0 aliphatic rings. The Morgan fingerprint density at radius 1 is 1.38 bits per heavy atom. The number of hydrogen-bond acceptors (Lipinski definition) is 2. The highest BCUT2D eigenvalue weighted by molar-refractivity contribution is 5.78. The molecule has 2 N–H and O–H groups in total. The van der Waals surface area contributed by atoms with E-state index in [4.69, 9.17) is 0 Å². The van der Waals surface area contributed by atoms with E-state index < -0.39 is 0 Å². The Labute approximate surface area is 75.0 Å². The molecular weight excluding hydrogens is 166 g/mol. The molecule has 0 aliphatic carbocycles. The van der Waals surface area contributed by atoms with Crippen LogP contribution >= 0.6 is 0 Å². The van der Waals surface area contributed by atoms with Gasteiger partial charge in [-0.05, 0) is 11.5 Å². The summed E-state index contributed by atoms with van der Waals surface area (Å²) in [5.41, 5.74) is 2.31. The molecule has 0 atom stereocenters. The zero-order valence-corrected chi connectivity index (χ0v) is 7.59. The van der Waals surface area contributed by atoms with E-state index in [9.17, 15) is 4.79 Å². The van der Waals surface area contributed by atoms with Crippen molar-refractivity contribution in [2.75, 3.05) is 0 Å². The van der Waals surface area contributed by atoms with Crippen LogP contribution < -0.4 is 5.56 Å². The molecule has 4 nitrogen and oxygen atoms in total. The number of rotatable bonds is 1. The van der Waals surface area contributed by atoms with Crippen molar-refractivity contribution in [3.8, 4) is 0 Å². The second kappa shape index (κ2) is 2.73. The van der Waals surface area contributed by atoms with Gasteiger partial charge in [0, 0.05) is 6.20 Å². The maximum Gasteiger partial charge on any atom is 0.275 e. The number of aromatic amines is 2. The standard InChI is InChI=1S/C9H11N3O/c1-5(2)6-3-10-8-7(6)11-4-12-9(8)13/h3-5,10H,1-2H3,(H,11,12,13). The summed E-state index contributed by atoms with van der Waals surface area (Å²) in [6.07, 6.45) is 3.28. The number of nitrogens with one attached hydrogen (secondary N) is 2. The predicted octanol–water partition coefficient (Wildman–Crippen LogP) is 1.37. The van der Waals surface area contributed by atoms with Gasteiger partial charge in [-0.1, -0.05) is 13.8 Å². The molecule has 0 amide bonds. The summed E-state index contributed by atoms with van der Waals surface area (Å²) in [6, 6.07) is 0. The molecule has 0 saturated carbocycles. The van der Waals surface area contributed by atoms with Gasteiger partial charge in [-0.25, -0.2) is 4.98 Å². The van der Waals surface area contributed by atoms with Gasteiger partial charge >= 0.3 is 0 Å². The molecule has 0 aromatic carbocycles. The predicted molar refractivity (Wildman–Crippen MR) is 50.8 cm³/mol. The highest BCUT2D eigenvalue weighted by atomic mass is 16.1. The van der Waals surface area contributed by atoms with Crippen LogP contribution in [0.2, 0.25) is 0 Å².